The summed E-state index contributed by atoms with van der Waals surface area (Å²) >= 11 is 0. The zero-order chi connectivity index (χ0) is 15.8. The average Bonchev–Trinajstić information content (AvgIpc) is 2.90. The van der Waals surface area contributed by atoms with Crippen molar-refractivity contribution in [1.82, 2.24) is 4.98 Å². The maximum atomic E-state index is 12.2. The minimum absolute atomic E-state index is 0.00972. The molecule has 0 amide bonds. The van der Waals surface area contributed by atoms with Crippen LogP contribution in [0.4, 0.5) is 5.69 Å². The second-order valence-corrected chi connectivity index (χ2v) is 6.25. The van der Waals surface area contributed by atoms with Gasteiger partial charge in [0, 0.05) is 11.8 Å². The van der Waals surface area contributed by atoms with Gasteiger partial charge in [0.2, 0.25) is 0 Å². The summed E-state index contributed by atoms with van der Waals surface area (Å²) in [6.45, 7) is 3.28. The first kappa shape index (κ1) is 14.9. The number of aromatic nitrogens is 1. The summed E-state index contributed by atoms with van der Waals surface area (Å²) in [4.78, 5) is 12.9. The van der Waals surface area contributed by atoms with Gasteiger partial charge in [-0.15, -0.1) is 0 Å². The maximum Gasteiger partial charge on any atom is 0.352 e. The first-order valence-corrected chi connectivity index (χ1v) is 7.44. The molecule has 0 spiro atoms. The molecule has 0 aliphatic rings. The van der Waals surface area contributed by atoms with Crippen molar-refractivity contribution in [1.29, 1.82) is 0 Å². The Kier molecular flexibility index (Phi) is 3.65. The van der Waals surface area contributed by atoms with Crippen LogP contribution in [-0.2, 0) is 10.0 Å². The van der Waals surface area contributed by atoms with Gasteiger partial charge < -0.3 is 15.2 Å². The van der Waals surface area contributed by atoms with Gasteiger partial charge in [-0.25, -0.2) is 13.2 Å². The van der Waals surface area contributed by atoms with Gasteiger partial charge in [0.1, 0.15) is 16.3 Å². The molecule has 0 bridgehead atoms. The van der Waals surface area contributed by atoms with Crippen LogP contribution in [0.2, 0.25) is 0 Å². The van der Waals surface area contributed by atoms with Gasteiger partial charge in [-0.05, 0) is 31.5 Å². The van der Waals surface area contributed by atoms with Crippen molar-refractivity contribution >= 4 is 21.7 Å². The second kappa shape index (κ2) is 5.13. The molecule has 0 aliphatic heterocycles. The zero-order valence-electron chi connectivity index (χ0n) is 11.3. The van der Waals surface area contributed by atoms with E-state index in [-0.39, 0.29) is 22.0 Å². The summed E-state index contributed by atoms with van der Waals surface area (Å²) in [6.07, 6.45) is 1.09. The Morgan fingerprint density at radius 1 is 1.29 bits per heavy atom. The molecule has 8 heteroatoms. The number of phenolic OH excluding ortho intramolecular Hbond substituents is 1. The van der Waals surface area contributed by atoms with Gasteiger partial charge in [0.25, 0.3) is 10.0 Å². The fourth-order valence-electron chi connectivity index (χ4n) is 1.80. The van der Waals surface area contributed by atoms with Crippen molar-refractivity contribution in [3.05, 3.63) is 41.2 Å². The van der Waals surface area contributed by atoms with Crippen LogP contribution in [0.3, 0.4) is 0 Å². The third-order valence-corrected chi connectivity index (χ3v) is 4.42. The van der Waals surface area contributed by atoms with Gasteiger partial charge >= 0.3 is 5.97 Å². The van der Waals surface area contributed by atoms with E-state index >= 15 is 0 Å². The average molecular weight is 310 g/mol. The van der Waals surface area contributed by atoms with Crippen LogP contribution in [-0.4, -0.2) is 29.6 Å². The lowest BCUT2D eigenvalue weighted by atomic mass is 10.1. The number of phenols is 1. The highest BCUT2D eigenvalue weighted by atomic mass is 32.2. The number of sulfonamides is 1. The summed E-state index contributed by atoms with van der Waals surface area (Å²) in [5.74, 6) is -1.24. The number of hydrogen-bond acceptors (Lipinski definition) is 4. The quantitative estimate of drug-likeness (QED) is 0.687. The predicted octanol–water partition coefficient (Wildman–Crippen LogP) is 1.84. The highest BCUT2D eigenvalue weighted by Gasteiger charge is 2.20. The Labute approximate surface area is 121 Å². The van der Waals surface area contributed by atoms with Crippen LogP contribution in [0.15, 0.2) is 29.3 Å². The van der Waals surface area contributed by atoms with Crippen molar-refractivity contribution in [2.75, 3.05) is 4.72 Å². The molecule has 2 aromatic rings. The molecule has 0 atom stereocenters. The molecular weight excluding hydrogens is 296 g/mol. The van der Waals surface area contributed by atoms with Crippen molar-refractivity contribution < 1.29 is 23.4 Å². The van der Waals surface area contributed by atoms with Crippen molar-refractivity contribution in [3.63, 3.8) is 0 Å². The van der Waals surface area contributed by atoms with Crippen molar-refractivity contribution in [2.45, 2.75) is 18.7 Å². The number of hydrogen-bond donors (Lipinski definition) is 4. The fraction of sp³-hybridized carbons (Fsp3) is 0.154. The molecule has 0 saturated carbocycles. The molecule has 1 aromatic carbocycles. The van der Waals surface area contributed by atoms with E-state index < -0.39 is 16.0 Å². The number of carboxylic acids is 1. The van der Waals surface area contributed by atoms with Crippen LogP contribution in [0, 0.1) is 13.8 Å². The van der Waals surface area contributed by atoms with E-state index in [0.717, 1.165) is 12.3 Å². The molecule has 0 saturated heterocycles. The number of H-pyrrole nitrogens is 1. The summed E-state index contributed by atoms with van der Waals surface area (Å²) in [5.41, 5.74) is 1.04. The lowest BCUT2D eigenvalue weighted by Crippen LogP contribution is -2.13. The number of rotatable bonds is 4. The summed E-state index contributed by atoms with van der Waals surface area (Å²) < 4.78 is 26.7. The third kappa shape index (κ3) is 2.84. The molecule has 7 nitrogen and oxygen atoms in total. The minimum Gasteiger partial charge on any atom is -0.507 e. The van der Waals surface area contributed by atoms with Crippen molar-refractivity contribution in [3.8, 4) is 5.75 Å². The Bertz CT molecular complexity index is 808. The number of carboxylic acid groups (broad SMARTS) is 1. The number of nitrogens with one attached hydrogen (secondary N) is 2. The minimum atomic E-state index is -3.93. The van der Waals surface area contributed by atoms with Crippen LogP contribution in [0.25, 0.3) is 0 Å². The lowest BCUT2D eigenvalue weighted by molar-refractivity contribution is 0.0691. The van der Waals surface area contributed by atoms with Gasteiger partial charge in [0.15, 0.2) is 0 Å². The molecule has 1 heterocycles. The van der Waals surface area contributed by atoms with Gasteiger partial charge in [-0.3, -0.25) is 4.72 Å². The smallest absolute Gasteiger partial charge is 0.352 e. The highest BCUT2D eigenvalue weighted by Crippen LogP contribution is 2.29. The Morgan fingerprint density at radius 3 is 2.52 bits per heavy atom. The first-order valence-electron chi connectivity index (χ1n) is 5.96. The first-order chi connectivity index (χ1) is 9.72. The fourth-order valence-corrected chi connectivity index (χ4v) is 2.92. The number of benzene rings is 1. The van der Waals surface area contributed by atoms with Crippen LogP contribution < -0.4 is 4.72 Å². The molecule has 0 radical (unpaired) electrons. The number of aryl methyl sites for hydroxylation is 1. The molecule has 0 fully saturated rings. The Hall–Kier alpha value is -2.48. The van der Waals surface area contributed by atoms with E-state index in [2.05, 4.69) is 9.71 Å². The Balaban J connectivity index is 2.37. The molecule has 112 valence electrons. The van der Waals surface area contributed by atoms with E-state index in [1.807, 2.05) is 0 Å². The molecule has 2 rings (SSSR count). The summed E-state index contributed by atoms with van der Waals surface area (Å²) in [5, 5.41) is 18.6. The predicted molar refractivity (Wildman–Crippen MR) is 76.1 cm³/mol. The van der Waals surface area contributed by atoms with Gasteiger partial charge in [-0.2, -0.15) is 0 Å². The molecule has 0 aliphatic carbocycles. The molecular formula is C13H14N2O5S. The molecule has 0 unspecified atom stereocenters. The van der Waals surface area contributed by atoms with E-state index in [1.54, 1.807) is 19.9 Å². The number of aromatic carboxylic acids is 1. The van der Waals surface area contributed by atoms with Gasteiger partial charge in [0.05, 0.1) is 5.69 Å². The van der Waals surface area contributed by atoms with Crippen LogP contribution in [0.5, 0.6) is 5.75 Å². The summed E-state index contributed by atoms with van der Waals surface area (Å²) in [6, 6.07) is 4.14. The SMILES string of the molecule is Cc1ccc(NS(=O)(=O)c2c[nH]c(C(=O)O)c2)c(C)c1O. The monoisotopic (exact) mass is 310 g/mol. The maximum absolute atomic E-state index is 12.2. The summed E-state index contributed by atoms with van der Waals surface area (Å²) in [7, 11) is -3.93. The highest BCUT2D eigenvalue weighted by molar-refractivity contribution is 7.92. The van der Waals surface area contributed by atoms with E-state index in [9.17, 15) is 18.3 Å². The van der Waals surface area contributed by atoms with E-state index in [0.29, 0.717) is 11.1 Å². The zero-order valence-corrected chi connectivity index (χ0v) is 12.2. The number of carbonyl (C=O) groups is 1. The van der Waals surface area contributed by atoms with Crippen molar-refractivity contribution in [2.24, 2.45) is 0 Å². The van der Waals surface area contributed by atoms with Gasteiger partial charge in [-0.1, -0.05) is 6.07 Å². The largest absolute Gasteiger partial charge is 0.507 e. The number of anilines is 1. The normalized spacial score (nSPS) is 11.3. The number of aromatic amines is 1. The van der Waals surface area contributed by atoms with Crippen LogP contribution in [0.1, 0.15) is 21.6 Å². The van der Waals surface area contributed by atoms with E-state index in [4.69, 9.17) is 5.11 Å². The molecule has 21 heavy (non-hydrogen) atoms. The molecule has 4 N–H and O–H groups in total. The molecule has 1 aromatic heterocycles. The topological polar surface area (TPSA) is 119 Å². The third-order valence-electron chi connectivity index (χ3n) is 3.07. The lowest BCUT2D eigenvalue weighted by Gasteiger charge is -2.12. The van der Waals surface area contributed by atoms with E-state index in [1.165, 1.54) is 6.07 Å². The standard InChI is InChI=1S/C13H14N2O5S/c1-7-3-4-10(8(2)12(7)16)15-21(19,20)9-5-11(13(17)18)14-6-9/h3-6,14-16H,1-2H3,(H,17,18). The van der Waals surface area contributed by atoms with Crippen LogP contribution >= 0.6 is 0 Å². The second-order valence-electron chi connectivity index (χ2n) is 4.56. The Morgan fingerprint density at radius 2 is 1.95 bits per heavy atom. The number of aromatic hydroxyl groups is 1.